The molecule has 1 aliphatic rings. The van der Waals surface area contributed by atoms with Gasteiger partial charge >= 0.3 is 6.09 Å². The first kappa shape index (κ1) is 14.1. The molecule has 0 aliphatic heterocycles. The minimum Gasteiger partial charge on any atom is -0.446 e. The lowest BCUT2D eigenvalue weighted by molar-refractivity contribution is 0.105. The normalized spacial score (nSPS) is 17.2. The molecular formula is C13H20ClNO2. The first-order valence-corrected chi connectivity index (χ1v) is 6.38. The van der Waals surface area contributed by atoms with Gasteiger partial charge in [-0.25, -0.2) is 4.79 Å². The monoisotopic (exact) mass is 257 g/mol. The van der Waals surface area contributed by atoms with Crippen LogP contribution < -0.4 is 5.32 Å². The molecule has 0 aromatic heterocycles. The van der Waals surface area contributed by atoms with Crippen molar-refractivity contribution in [1.29, 1.82) is 0 Å². The number of nitrogens with one attached hydrogen (secondary N) is 1. The highest BCUT2D eigenvalue weighted by Gasteiger charge is 2.14. The zero-order chi connectivity index (χ0) is 12.8. The quantitative estimate of drug-likeness (QED) is 0.833. The number of hydrogen-bond acceptors (Lipinski definition) is 2. The van der Waals surface area contributed by atoms with E-state index < -0.39 is 0 Å². The molecule has 1 rings (SSSR count). The lowest BCUT2D eigenvalue weighted by atomic mass is 10.0. The van der Waals surface area contributed by atoms with Gasteiger partial charge in [0, 0.05) is 17.5 Å². The number of rotatable bonds is 4. The minimum atomic E-state index is -0.371. The smallest absolute Gasteiger partial charge is 0.407 e. The van der Waals surface area contributed by atoms with Crippen LogP contribution in [-0.2, 0) is 4.74 Å². The SMILES string of the molecule is CC(C)NC(=O)OC(C)CC1=C(Cl)CCC=C1. The first-order chi connectivity index (χ1) is 7.99. The zero-order valence-corrected chi connectivity index (χ0v) is 11.4. The van der Waals surface area contributed by atoms with Gasteiger partial charge in [-0.05, 0) is 39.2 Å². The molecule has 0 bridgehead atoms. The number of carbonyl (C=O) groups is 1. The van der Waals surface area contributed by atoms with E-state index in [9.17, 15) is 4.79 Å². The average Bonchev–Trinajstić information content (AvgIpc) is 2.19. The Morgan fingerprint density at radius 2 is 2.24 bits per heavy atom. The van der Waals surface area contributed by atoms with Gasteiger partial charge in [-0.1, -0.05) is 23.8 Å². The molecule has 3 nitrogen and oxygen atoms in total. The molecule has 4 heteroatoms. The first-order valence-electron chi connectivity index (χ1n) is 6.00. The number of alkyl carbamates (subject to hydrolysis) is 1. The van der Waals surface area contributed by atoms with Crippen molar-refractivity contribution in [2.24, 2.45) is 0 Å². The summed E-state index contributed by atoms with van der Waals surface area (Å²) < 4.78 is 5.24. The highest BCUT2D eigenvalue weighted by molar-refractivity contribution is 6.30. The van der Waals surface area contributed by atoms with Gasteiger partial charge in [0.2, 0.25) is 0 Å². The summed E-state index contributed by atoms with van der Waals surface area (Å²) in [5, 5.41) is 3.58. The number of ether oxygens (including phenoxy) is 1. The topological polar surface area (TPSA) is 38.3 Å². The summed E-state index contributed by atoms with van der Waals surface area (Å²) >= 11 is 6.12. The molecule has 0 aromatic carbocycles. The van der Waals surface area contributed by atoms with Gasteiger partial charge in [-0.2, -0.15) is 0 Å². The van der Waals surface area contributed by atoms with Crippen LogP contribution in [-0.4, -0.2) is 18.2 Å². The molecule has 1 atom stereocenters. The van der Waals surface area contributed by atoms with Gasteiger partial charge in [-0.3, -0.25) is 0 Å². The maximum atomic E-state index is 11.4. The molecule has 96 valence electrons. The van der Waals surface area contributed by atoms with Crippen LogP contribution in [0.15, 0.2) is 22.8 Å². The molecule has 0 radical (unpaired) electrons. The maximum Gasteiger partial charge on any atom is 0.407 e. The Bertz CT molecular complexity index is 334. The molecule has 1 unspecified atom stereocenters. The zero-order valence-electron chi connectivity index (χ0n) is 10.6. The van der Waals surface area contributed by atoms with Gasteiger partial charge in [0.25, 0.3) is 0 Å². The van der Waals surface area contributed by atoms with Crippen molar-refractivity contribution in [2.75, 3.05) is 0 Å². The van der Waals surface area contributed by atoms with Crippen molar-refractivity contribution in [3.8, 4) is 0 Å². The van der Waals surface area contributed by atoms with Crippen molar-refractivity contribution in [2.45, 2.75) is 52.2 Å². The second-order valence-corrected chi connectivity index (χ2v) is 5.05. The Hall–Kier alpha value is -0.960. The Morgan fingerprint density at radius 1 is 1.53 bits per heavy atom. The second-order valence-electron chi connectivity index (χ2n) is 4.59. The third-order valence-electron chi connectivity index (χ3n) is 2.42. The van der Waals surface area contributed by atoms with Crippen LogP contribution in [0.25, 0.3) is 0 Å². The predicted molar refractivity (Wildman–Crippen MR) is 70.1 cm³/mol. The van der Waals surface area contributed by atoms with Crippen molar-refractivity contribution < 1.29 is 9.53 Å². The Kier molecular flexibility index (Phi) is 5.56. The molecule has 1 aliphatic carbocycles. The van der Waals surface area contributed by atoms with Gasteiger partial charge in [0.05, 0.1) is 0 Å². The number of halogens is 1. The van der Waals surface area contributed by atoms with Crippen molar-refractivity contribution in [1.82, 2.24) is 5.32 Å². The minimum absolute atomic E-state index is 0.0899. The van der Waals surface area contributed by atoms with Gasteiger partial charge in [0.1, 0.15) is 6.10 Å². The van der Waals surface area contributed by atoms with E-state index in [0.29, 0.717) is 6.42 Å². The summed E-state index contributed by atoms with van der Waals surface area (Å²) in [5.74, 6) is 0. The van der Waals surface area contributed by atoms with E-state index in [2.05, 4.69) is 11.4 Å². The molecular weight excluding hydrogens is 238 g/mol. The van der Waals surface area contributed by atoms with Crippen molar-refractivity contribution in [3.63, 3.8) is 0 Å². The van der Waals surface area contributed by atoms with E-state index in [4.69, 9.17) is 16.3 Å². The van der Waals surface area contributed by atoms with Crippen LogP contribution in [0.1, 0.15) is 40.0 Å². The number of carbonyl (C=O) groups excluding carboxylic acids is 1. The fraction of sp³-hybridized carbons (Fsp3) is 0.615. The average molecular weight is 258 g/mol. The third kappa shape index (κ3) is 5.26. The summed E-state index contributed by atoms with van der Waals surface area (Å²) in [4.78, 5) is 11.4. The Balaban J connectivity index is 2.41. The summed E-state index contributed by atoms with van der Waals surface area (Å²) in [6.45, 7) is 5.67. The van der Waals surface area contributed by atoms with Crippen LogP contribution in [0, 0.1) is 0 Å². The standard InChI is InChI=1S/C13H20ClNO2/c1-9(2)15-13(16)17-10(3)8-11-6-4-5-7-12(11)14/h4,6,9-10H,5,7-8H2,1-3H3,(H,15,16). The van der Waals surface area contributed by atoms with Gasteiger partial charge < -0.3 is 10.1 Å². The fourth-order valence-electron chi connectivity index (χ4n) is 1.67. The lowest BCUT2D eigenvalue weighted by Gasteiger charge is -2.18. The van der Waals surface area contributed by atoms with E-state index >= 15 is 0 Å². The lowest BCUT2D eigenvalue weighted by Crippen LogP contribution is -2.33. The Labute approximate surface area is 108 Å². The molecule has 17 heavy (non-hydrogen) atoms. The molecule has 0 heterocycles. The molecule has 0 saturated carbocycles. The molecule has 1 N–H and O–H groups in total. The summed E-state index contributed by atoms with van der Waals surface area (Å²) in [6.07, 6.45) is 6.13. The molecule has 0 fully saturated rings. The largest absolute Gasteiger partial charge is 0.446 e. The molecule has 1 amide bonds. The van der Waals surface area contributed by atoms with Crippen molar-refractivity contribution >= 4 is 17.7 Å². The van der Waals surface area contributed by atoms with Crippen LogP contribution in [0.3, 0.4) is 0 Å². The highest BCUT2D eigenvalue weighted by Crippen LogP contribution is 2.26. The van der Waals surface area contributed by atoms with Crippen LogP contribution >= 0.6 is 11.6 Å². The van der Waals surface area contributed by atoms with E-state index in [1.165, 1.54) is 0 Å². The fourth-order valence-corrected chi connectivity index (χ4v) is 1.92. The molecule has 0 spiro atoms. The Morgan fingerprint density at radius 3 is 2.82 bits per heavy atom. The van der Waals surface area contributed by atoms with Gasteiger partial charge in [-0.15, -0.1) is 0 Å². The van der Waals surface area contributed by atoms with Gasteiger partial charge in [0.15, 0.2) is 0 Å². The number of amides is 1. The highest BCUT2D eigenvalue weighted by atomic mass is 35.5. The van der Waals surface area contributed by atoms with E-state index in [0.717, 1.165) is 23.4 Å². The third-order valence-corrected chi connectivity index (χ3v) is 2.85. The van der Waals surface area contributed by atoms with E-state index in [1.54, 1.807) is 0 Å². The maximum absolute atomic E-state index is 11.4. The summed E-state index contributed by atoms with van der Waals surface area (Å²) in [6, 6.07) is 0.0899. The molecule has 0 saturated heterocycles. The van der Waals surface area contributed by atoms with E-state index in [-0.39, 0.29) is 18.2 Å². The number of hydrogen-bond donors (Lipinski definition) is 1. The van der Waals surface area contributed by atoms with Crippen molar-refractivity contribution in [3.05, 3.63) is 22.8 Å². The van der Waals surface area contributed by atoms with E-state index in [1.807, 2.05) is 26.8 Å². The predicted octanol–water partition coefficient (Wildman–Crippen LogP) is 3.74. The van der Waals surface area contributed by atoms with Crippen LogP contribution in [0.4, 0.5) is 4.79 Å². The van der Waals surface area contributed by atoms with Crippen LogP contribution in [0.5, 0.6) is 0 Å². The number of allylic oxidation sites excluding steroid dienone is 3. The second kappa shape index (κ2) is 6.70. The van der Waals surface area contributed by atoms with Crippen LogP contribution in [0.2, 0.25) is 0 Å². The summed E-state index contributed by atoms with van der Waals surface area (Å²) in [5.41, 5.74) is 1.07. The molecule has 0 aromatic rings. The summed E-state index contributed by atoms with van der Waals surface area (Å²) in [7, 11) is 0.